The summed E-state index contributed by atoms with van der Waals surface area (Å²) in [7, 11) is -2.56. The van der Waals surface area contributed by atoms with Crippen LogP contribution in [0.3, 0.4) is 0 Å². The van der Waals surface area contributed by atoms with Crippen molar-refractivity contribution in [1.29, 1.82) is 0 Å². The maximum atomic E-state index is 13.4. The minimum absolute atomic E-state index is 0.200. The maximum absolute atomic E-state index is 13.4. The Hall–Kier alpha value is -2.90. The Kier molecular flexibility index (Phi) is 6.84. The van der Waals surface area contributed by atoms with Crippen molar-refractivity contribution < 1.29 is 4.79 Å². The molecule has 1 amide bonds. The molecule has 1 fully saturated rings. The molecule has 0 atom stereocenters. The smallest absolute Gasteiger partial charge is 0.276 e. The van der Waals surface area contributed by atoms with E-state index in [1.54, 1.807) is 0 Å². The Balaban J connectivity index is 1.95. The molecule has 158 valence electrons. The zero-order chi connectivity index (χ0) is 21.5. The molecule has 2 N–H and O–H groups in total. The van der Waals surface area contributed by atoms with Gasteiger partial charge in [0.05, 0.1) is 7.05 Å². The second-order valence-electron chi connectivity index (χ2n) is 8.09. The third-order valence-electron chi connectivity index (χ3n) is 5.98. The molecule has 0 radical (unpaired) electrons. The zero-order valence-electron chi connectivity index (χ0n) is 17.7. The van der Waals surface area contributed by atoms with Gasteiger partial charge in [0.15, 0.2) is 0 Å². The Morgan fingerprint density at radius 2 is 1.26 bits per heavy atom. The number of allylic oxidation sites excluding steroid dienone is 1. The van der Waals surface area contributed by atoms with E-state index in [0.29, 0.717) is 11.5 Å². The van der Waals surface area contributed by atoms with Crippen LogP contribution in [0.15, 0.2) is 107 Å². The Bertz CT molecular complexity index is 1040. The molecule has 31 heavy (non-hydrogen) atoms. The number of carbonyl (C=O) groups is 1. The molecule has 1 saturated carbocycles. The minimum Gasteiger partial charge on any atom is -0.402 e. The number of nitrogens with zero attached hydrogens (tertiary/aromatic N) is 1. The fourth-order valence-corrected chi connectivity index (χ4v) is 7.47. The van der Waals surface area contributed by atoms with Crippen LogP contribution in [0.5, 0.6) is 0 Å². The van der Waals surface area contributed by atoms with Gasteiger partial charge in [-0.15, -0.1) is 0 Å². The monoisotopic (exact) mass is 428 g/mol. The molecule has 1 aliphatic carbocycles. The first-order chi connectivity index (χ1) is 15.2. The number of hydrogen-bond donors (Lipinski definition) is 1. The molecule has 3 aromatic carbocycles. The molecule has 3 nitrogen and oxygen atoms in total. The number of amides is 1. The predicted molar refractivity (Wildman–Crippen MR) is 131 cm³/mol. The number of rotatable bonds is 5. The van der Waals surface area contributed by atoms with Crippen molar-refractivity contribution in [2.75, 3.05) is 0 Å². The lowest BCUT2D eigenvalue weighted by Gasteiger charge is -2.27. The van der Waals surface area contributed by atoms with Gasteiger partial charge in [-0.05, 0) is 36.7 Å². The van der Waals surface area contributed by atoms with E-state index in [9.17, 15) is 4.79 Å². The van der Waals surface area contributed by atoms with Crippen LogP contribution in [-0.4, -0.2) is 5.91 Å². The van der Waals surface area contributed by atoms with Crippen LogP contribution in [0.2, 0.25) is 0 Å². The molecule has 3 aromatic rings. The van der Waals surface area contributed by atoms with E-state index in [4.69, 9.17) is 10.5 Å². The van der Waals surface area contributed by atoms with Crippen molar-refractivity contribution in [2.24, 2.45) is 16.4 Å². The number of benzene rings is 3. The summed E-state index contributed by atoms with van der Waals surface area (Å²) >= 11 is 0. The summed E-state index contributed by atoms with van der Waals surface area (Å²) in [5, 5.41) is 2.09. The highest BCUT2D eigenvalue weighted by molar-refractivity contribution is 7.83. The number of hydrogen-bond acceptors (Lipinski definition) is 2. The van der Waals surface area contributed by atoms with Gasteiger partial charge in [0, 0.05) is 21.9 Å². The molecular weight excluding hydrogens is 399 g/mol. The molecule has 1 aliphatic rings. The topological polar surface area (TPSA) is 55.4 Å². The van der Waals surface area contributed by atoms with Crippen LogP contribution in [0.25, 0.3) is 0 Å². The average Bonchev–Trinajstić information content (AvgIpc) is 2.85. The Morgan fingerprint density at radius 1 is 0.774 bits per heavy atom. The van der Waals surface area contributed by atoms with Gasteiger partial charge in [0.1, 0.15) is 0 Å². The minimum atomic E-state index is -2.56. The van der Waals surface area contributed by atoms with Gasteiger partial charge in [0.25, 0.3) is 5.91 Å². The van der Waals surface area contributed by atoms with Crippen LogP contribution in [0.1, 0.15) is 42.5 Å². The summed E-state index contributed by atoms with van der Waals surface area (Å²) < 4.78 is 4.97. The van der Waals surface area contributed by atoms with Gasteiger partial charge >= 0.3 is 0 Å². The average molecular weight is 429 g/mol. The first-order valence-corrected chi connectivity index (χ1v) is 12.8. The SMILES string of the molecule is N/C(=C\P(=NC(=O)c1ccccc1)(c1ccccc1)c1ccccc1)C1CCCCC1. The summed E-state index contributed by atoms with van der Waals surface area (Å²) in [4.78, 5) is 13.4. The third kappa shape index (κ3) is 4.89. The summed E-state index contributed by atoms with van der Waals surface area (Å²) in [6.07, 6.45) is 5.91. The van der Waals surface area contributed by atoms with E-state index in [1.165, 1.54) is 19.3 Å². The van der Waals surface area contributed by atoms with E-state index in [1.807, 2.05) is 66.7 Å². The van der Waals surface area contributed by atoms with Gasteiger partial charge in [-0.3, -0.25) is 4.79 Å². The molecule has 0 heterocycles. The zero-order valence-corrected chi connectivity index (χ0v) is 18.6. The fraction of sp³-hybridized carbons (Fsp3) is 0.222. The van der Waals surface area contributed by atoms with Crippen molar-refractivity contribution in [1.82, 2.24) is 0 Å². The normalized spacial score (nSPS) is 15.4. The lowest BCUT2D eigenvalue weighted by Crippen LogP contribution is -2.20. The van der Waals surface area contributed by atoms with Gasteiger partial charge in [0.2, 0.25) is 0 Å². The van der Waals surface area contributed by atoms with Crippen molar-refractivity contribution >= 4 is 23.6 Å². The molecule has 0 unspecified atom stereocenters. The van der Waals surface area contributed by atoms with Crippen molar-refractivity contribution in [3.63, 3.8) is 0 Å². The lowest BCUT2D eigenvalue weighted by atomic mass is 9.88. The molecule has 0 spiro atoms. The summed E-state index contributed by atoms with van der Waals surface area (Å²) in [6.45, 7) is 0. The van der Waals surface area contributed by atoms with E-state index in [-0.39, 0.29) is 5.91 Å². The Labute approximate surface area is 185 Å². The standard InChI is InChI=1S/C27H29N2OP/c28-26(22-13-5-1-6-14-22)21-31(24-17-9-3-10-18-24,25-19-11-4-12-20-25)29-27(30)23-15-7-2-8-16-23/h2-4,7-12,15-22H,1,5-6,13-14,28H2/b26-21-. The molecular formula is C27H29N2OP. The van der Waals surface area contributed by atoms with Crippen LogP contribution in [0, 0.1) is 5.92 Å². The highest BCUT2D eigenvalue weighted by Gasteiger charge is 2.27. The maximum Gasteiger partial charge on any atom is 0.276 e. The van der Waals surface area contributed by atoms with E-state index >= 15 is 0 Å². The molecule has 4 rings (SSSR count). The van der Waals surface area contributed by atoms with Crippen LogP contribution in [-0.2, 0) is 0 Å². The molecule has 4 heteroatoms. The highest BCUT2D eigenvalue weighted by atomic mass is 31.2. The molecule has 0 aliphatic heterocycles. The largest absolute Gasteiger partial charge is 0.402 e. The second kappa shape index (κ2) is 9.94. The molecule has 0 saturated heterocycles. The third-order valence-corrected chi connectivity index (χ3v) is 9.32. The van der Waals surface area contributed by atoms with Crippen molar-refractivity contribution in [3.05, 3.63) is 108 Å². The van der Waals surface area contributed by atoms with Crippen LogP contribution in [0.4, 0.5) is 0 Å². The fourth-order valence-electron chi connectivity index (χ4n) is 4.29. The van der Waals surface area contributed by atoms with Gasteiger partial charge in [-0.2, -0.15) is 0 Å². The van der Waals surface area contributed by atoms with Crippen molar-refractivity contribution in [2.45, 2.75) is 32.1 Å². The highest BCUT2D eigenvalue weighted by Crippen LogP contribution is 2.51. The summed E-state index contributed by atoms with van der Waals surface area (Å²) in [6, 6.07) is 29.7. The van der Waals surface area contributed by atoms with E-state index in [0.717, 1.165) is 29.1 Å². The van der Waals surface area contributed by atoms with Crippen molar-refractivity contribution in [3.8, 4) is 0 Å². The van der Waals surface area contributed by atoms with Gasteiger partial charge in [-0.25, -0.2) is 4.74 Å². The van der Waals surface area contributed by atoms with Crippen LogP contribution < -0.4 is 16.3 Å². The number of nitrogens with two attached hydrogens (primary N) is 1. The first kappa shape index (κ1) is 21.3. The first-order valence-electron chi connectivity index (χ1n) is 11.0. The van der Waals surface area contributed by atoms with Gasteiger partial charge in [-0.1, -0.05) is 98.1 Å². The van der Waals surface area contributed by atoms with E-state index in [2.05, 4.69) is 30.1 Å². The quantitative estimate of drug-likeness (QED) is 0.502. The van der Waals surface area contributed by atoms with Crippen LogP contribution >= 0.6 is 7.05 Å². The summed E-state index contributed by atoms with van der Waals surface area (Å²) in [5.74, 6) is 2.31. The lowest BCUT2D eigenvalue weighted by molar-refractivity contribution is 0.100. The molecule has 0 aromatic heterocycles. The second-order valence-corrected chi connectivity index (χ2v) is 11.0. The number of carbonyl (C=O) groups excluding carboxylic acids is 1. The Morgan fingerprint density at radius 3 is 1.77 bits per heavy atom. The molecule has 0 bridgehead atoms. The van der Waals surface area contributed by atoms with E-state index < -0.39 is 7.05 Å². The summed E-state index contributed by atoms with van der Waals surface area (Å²) in [5.41, 5.74) is 8.22. The predicted octanol–water partition coefficient (Wildman–Crippen LogP) is 6.06. The van der Waals surface area contributed by atoms with Gasteiger partial charge < -0.3 is 5.73 Å².